The lowest BCUT2D eigenvalue weighted by Gasteiger charge is -2.02. The first-order chi connectivity index (χ1) is 6.61. The van der Waals surface area contributed by atoms with Crippen molar-refractivity contribution in [1.29, 1.82) is 0 Å². The van der Waals surface area contributed by atoms with E-state index >= 15 is 0 Å². The molecule has 1 N–H and O–H groups in total. The van der Waals surface area contributed by atoms with Gasteiger partial charge in [0.2, 0.25) is 5.43 Å². The van der Waals surface area contributed by atoms with Crippen molar-refractivity contribution >= 4 is 50.0 Å². The zero-order chi connectivity index (χ0) is 10.3. The molecule has 5 heteroatoms. The number of benzene rings is 1. The predicted octanol–water partition coefficient (Wildman–Crippen LogP) is 3.60. The van der Waals surface area contributed by atoms with Crippen LogP contribution in [0.2, 0.25) is 10.0 Å². The molecular formula is C9H4BrCl2NO. The van der Waals surface area contributed by atoms with Crippen LogP contribution in [-0.4, -0.2) is 4.98 Å². The molecule has 1 heterocycles. The van der Waals surface area contributed by atoms with Crippen molar-refractivity contribution in [1.82, 2.24) is 4.98 Å². The molecule has 1 aromatic carbocycles. The van der Waals surface area contributed by atoms with Crippen LogP contribution >= 0.6 is 39.1 Å². The molecule has 0 aliphatic rings. The van der Waals surface area contributed by atoms with Crippen LogP contribution in [0.15, 0.2) is 27.6 Å². The summed E-state index contributed by atoms with van der Waals surface area (Å²) in [5.41, 5.74) is 0.366. The van der Waals surface area contributed by atoms with Gasteiger partial charge in [-0.2, -0.15) is 0 Å². The zero-order valence-corrected chi connectivity index (χ0v) is 9.87. The molecule has 0 aliphatic carbocycles. The number of rotatable bonds is 0. The third-order valence-electron chi connectivity index (χ3n) is 1.89. The summed E-state index contributed by atoms with van der Waals surface area (Å²) < 4.78 is 0.681. The molecule has 0 radical (unpaired) electrons. The normalized spacial score (nSPS) is 10.8. The fourth-order valence-corrected chi connectivity index (χ4v) is 2.11. The number of pyridine rings is 1. The summed E-state index contributed by atoms with van der Waals surface area (Å²) in [6.07, 6.45) is 1.44. The summed E-state index contributed by atoms with van der Waals surface area (Å²) in [6.45, 7) is 0. The highest BCUT2D eigenvalue weighted by atomic mass is 79.9. The fourth-order valence-electron chi connectivity index (χ4n) is 1.24. The van der Waals surface area contributed by atoms with Crippen LogP contribution in [0, 0.1) is 0 Å². The third-order valence-corrected chi connectivity index (χ3v) is 3.15. The van der Waals surface area contributed by atoms with Crippen molar-refractivity contribution in [3.05, 3.63) is 43.1 Å². The fraction of sp³-hybridized carbons (Fsp3) is 0. The van der Waals surface area contributed by atoms with Crippen LogP contribution in [0.4, 0.5) is 0 Å². The summed E-state index contributed by atoms with van der Waals surface area (Å²) in [7, 11) is 0. The Bertz CT molecular complexity index is 564. The SMILES string of the molecule is O=c1c(Cl)c[nH]c2c(Cl)ccc(Br)c12. The van der Waals surface area contributed by atoms with Gasteiger partial charge in [0.15, 0.2) is 0 Å². The standard InChI is InChI=1S/C9H4BrCl2NO/c10-4-1-2-5(11)8-7(4)9(14)6(12)3-13-8/h1-3H,(H,13,14). The van der Waals surface area contributed by atoms with E-state index in [-0.39, 0.29) is 10.5 Å². The lowest BCUT2D eigenvalue weighted by atomic mass is 10.2. The Kier molecular flexibility index (Phi) is 2.56. The van der Waals surface area contributed by atoms with Gasteiger partial charge in [0, 0.05) is 10.7 Å². The van der Waals surface area contributed by atoms with E-state index in [0.717, 1.165) is 0 Å². The molecule has 0 aliphatic heterocycles. The highest BCUT2D eigenvalue weighted by Gasteiger charge is 2.09. The van der Waals surface area contributed by atoms with E-state index in [1.807, 2.05) is 0 Å². The second-order valence-electron chi connectivity index (χ2n) is 2.74. The molecule has 0 saturated heterocycles. The van der Waals surface area contributed by atoms with Gasteiger partial charge >= 0.3 is 0 Å². The molecule has 0 amide bonds. The molecule has 1 aromatic heterocycles. The van der Waals surface area contributed by atoms with E-state index in [1.54, 1.807) is 12.1 Å². The van der Waals surface area contributed by atoms with Crippen LogP contribution in [0.1, 0.15) is 0 Å². The topological polar surface area (TPSA) is 32.9 Å². The van der Waals surface area contributed by atoms with Gasteiger partial charge in [0.05, 0.1) is 15.9 Å². The monoisotopic (exact) mass is 291 g/mol. The first kappa shape index (κ1) is 10.0. The first-order valence-electron chi connectivity index (χ1n) is 3.76. The summed E-state index contributed by atoms with van der Waals surface area (Å²) in [5, 5.41) is 1.13. The predicted molar refractivity (Wildman–Crippen MR) is 62.3 cm³/mol. The summed E-state index contributed by atoms with van der Waals surface area (Å²) >= 11 is 14.9. The molecule has 2 rings (SSSR count). The largest absolute Gasteiger partial charge is 0.358 e. The second kappa shape index (κ2) is 3.57. The van der Waals surface area contributed by atoms with Crippen molar-refractivity contribution in [2.75, 3.05) is 0 Å². The minimum Gasteiger partial charge on any atom is -0.358 e. The Labute approximate surface area is 98.0 Å². The average Bonchev–Trinajstić information content (AvgIpc) is 2.16. The molecule has 0 bridgehead atoms. The molecule has 0 atom stereocenters. The van der Waals surface area contributed by atoms with Gasteiger partial charge in [-0.1, -0.05) is 23.2 Å². The number of halogens is 3. The van der Waals surface area contributed by atoms with E-state index < -0.39 is 0 Å². The van der Waals surface area contributed by atoms with Crippen LogP contribution in [0.3, 0.4) is 0 Å². The molecule has 14 heavy (non-hydrogen) atoms. The minimum atomic E-state index is -0.227. The maximum absolute atomic E-state index is 11.7. The van der Waals surface area contributed by atoms with Gasteiger partial charge in [-0.15, -0.1) is 0 Å². The van der Waals surface area contributed by atoms with E-state index in [1.165, 1.54) is 6.20 Å². The van der Waals surface area contributed by atoms with Gasteiger partial charge in [-0.25, -0.2) is 0 Å². The van der Waals surface area contributed by atoms with Crippen molar-refractivity contribution in [3.63, 3.8) is 0 Å². The van der Waals surface area contributed by atoms with Gasteiger partial charge < -0.3 is 4.98 Å². The van der Waals surface area contributed by atoms with Gasteiger partial charge in [0.25, 0.3) is 0 Å². The average molecular weight is 293 g/mol. The third kappa shape index (κ3) is 1.45. The smallest absolute Gasteiger partial charge is 0.209 e. The number of aromatic amines is 1. The second-order valence-corrected chi connectivity index (χ2v) is 4.41. The zero-order valence-electron chi connectivity index (χ0n) is 6.77. The van der Waals surface area contributed by atoms with E-state index in [9.17, 15) is 4.79 Å². The van der Waals surface area contributed by atoms with Crippen LogP contribution in [-0.2, 0) is 0 Å². The number of aromatic nitrogens is 1. The number of nitrogens with one attached hydrogen (secondary N) is 1. The van der Waals surface area contributed by atoms with Gasteiger partial charge in [-0.3, -0.25) is 4.79 Å². The molecular weight excluding hydrogens is 289 g/mol. The molecule has 2 aromatic rings. The Hall–Kier alpha value is -0.510. The summed E-state index contributed by atoms with van der Waals surface area (Å²) in [5.74, 6) is 0. The molecule has 72 valence electrons. The minimum absolute atomic E-state index is 0.153. The van der Waals surface area contributed by atoms with Crippen molar-refractivity contribution in [3.8, 4) is 0 Å². The molecule has 2 nitrogen and oxygen atoms in total. The molecule has 0 saturated carbocycles. The first-order valence-corrected chi connectivity index (χ1v) is 5.31. The van der Waals surface area contributed by atoms with Crippen molar-refractivity contribution < 1.29 is 0 Å². The van der Waals surface area contributed by atoms with Crippen LogP contribution in [0.25, 0.3) is 10.9 Å². The number of H-pyrrole nitrogens is 1. The van der Waals surface area contributed by atoms with Gasteiger partial charge in [0.1, 0.15) is 5.02 Å². The molecule has 0 spiro atoms. The highest BCUT2D eigenvalue weighted by molar-refractivity contribution is 9.10. The number of hydrogen-bond donors (Lipinski definition) is 1. The Balaban J connectivity index is 3.09. The Morgan fingerprint density at radius 2 is 1.93 bits per heavy atom. The lowest BCUT2D eigenvalue weighted by molar-refractivity contribution is 1.38. The Morgan fingerprint density at radius 3 is 2.64 bits per heavy atom. The van der Waals surface area contributed by atoms with Crippen LogP contribution < -0.4 is 5.43 Å². The quantitative estimate of drug-likeness (QED) is 0.791. The summed E-state index contributed by atoms with van der Waals surface area (Å²) in [6, 6.07) is 3.42. The Morgan fingerprint density at radius 1 is 1.21 bits per heavy atom. The van der Waals surface area contributed by atoms with Crippen molar-refractivity contribution in [2.24, 2.45) is 0 Å². The van der Waals surface area contributed by atoms with Crippen LogP contribution in [0.5, 0.6) is 0 Å². The molecule has 0 unspecified atom stereocenters. The maximum Gasteiger partial charge on any atom is 0.209 e. The number of hydrogen-bond acceptors (Lipinski definition) is 1. The van der Waals surface area contributed by atoms with Crippen molar-refractivity contribution in [2.45, 2.75) is 0 Å². The van der Waals surface area contributed by atoms with E-state index in [4.69, 9.17) is 23.2 Å². The van der Waals surface area contributed by atoms with E-state index in [0.29, 0.717) is 20.4 Å². The lowest BCUT2D eigenvalue weighted by Crippen LogP contribution is -2.03. The number of fused-ring (bicyclic) bond motifs is 1. The van der Waals surface area contributed by atoms with E-state index in [2.05, 4.69) is 20.9 Å². The highest BCUT2D eigenvalue weighted by Crippen LogP contribution is 2.26. The summed E-state index contributed by atoms with van der Waals surface area (Å²) in [4.78, 5) is 14.5. The maximum atomic E-state index is 11.7. The molecule has 0 fully saturated rings. The van der Waals surface area contributed by atoms with Gasteiger partial charge in [-0.05, 0) is 28.1 Å².